The highest BCUT2D eigenvalue weighted by atomic mass is 16.5. The number of fused-ring (bicyclic) bond motifs is 2. The number of carbonyl (C=O) groups is 2. The van der Waals surface area contributed by atoms with Crippen molar-refractivity contribution in [1.82, 2.24) is 0 Å². The van der Waals surface area contributed by atoms with Crippen LogP contribution in [0.3, 0.4) is 0 Å². The standard InChI is InChI=1S/C22H23NO3/c1-2-21(24)23-12-11-17-13-18(8-10-20(17)23)22(25)26-19-9-7-15-5-3-4-6-16(15)14-19/h3-6,8,10,13,19H,2,7,9,11-12,14H2,1H3. The molecule has 1 aliphatic heterocycles. The Labute approximate surface area is 153 Å². The summed E-state index contributed by atoms with van der Waals surface area (Å²) in [6.45, 7) is 2.56. The average molecular weight is 349 g/mol. The zero-order chi connectivity index (χ0) is 18.1. The Bertz CT molecular complexity index is 858. The molecule has 0 radical (unpaired) electrons. The van der Waals surface area contributed by atoms with Crippen LogP contribution in [0.4, 0.5) is 5.69 Å². The van der Waals surface area contributed by atoms with E-state index in [0.29, 0.717) is 18.5 Å². The van der Waals surface area contributed by atoms with Gasteiger partial charge in [-0.1, -0.05) is 31.2 Å². The van der Waals surface area contributed by atoms with E-state index in [1.165, 1.54) is 11.1 Å². The number of carbonyl (C=O) groups excluding carboxylic acids is 2. The average Bonchev–Trinajstić information content (AvgIpc) is 3.10. The second-order valence-corrected chi connectivity index (χ2v) is 7.03. The monoisotopic (exact) mass is 349 g/mol. The van der Waals surface area contributed by atoms with Crippen LogP contribution >= 0.6 is 0 Å². The van der Waals surface area contributed by atoms with E-state index in [9.17, 15) is 9.59 Å². The molecule has 0 aromatic heterocycles. The number of rotatable bonds is 3. The third-order valence-corrected chi connectivity index (χ3v) is 5.39. The van der Waals surface area contributed by atoms with E-state index >= 15 is 0 Å². The number of ether oxygens (including phenoxy) is 1. The molecule has 1 heterocycles. The second-order valence-electron chi connectivity index (χ2n) is 7.03. The van der Waals surface area contributed by atoms with Gasteiger partial charge < -0.3 is 9.64 Å². The van der Waals surface area contributed by atoms with E-state index in [-0.39, 0.29) is 18.0 Å². The molecule has 2 aromatic carbocycles. The summed E-state index contributed by atoms with van der Waals surface area (Å²) in [4.78, 5) is 26.4. The van der Waals surface area contributed by atoms with Crippen molar-refractivity contribution < 1.29 is 14.3 Å². The number of aryl methyl sites for hydroxylation is 1. The second kappa shape index (κ2) is 6.94. The van der Waals surface area contributed by atoms with Crippen molar-refractivity contribution in [3.8, 4) is 0 Å². The zero-order valence-electron chi connectivity index (χ0n) is 15.0. The van der Waals surface area contributed by atoms with E-state index in [1.54, 1.807) is 6.07 Å². The summed E-state index contributed by atoms with van der Waals surface area (Å²) in [7, 11) is 0. The van der Waals surface area contributed by atoms with Gasteiger partial charge in [0, 0.05) is 25.1 Å². The van der Waals surface area contributed by atoms with Gasteiger partial charge in [-0.25, -0.2) is 4.79 Å². The Morgan fingerprint density at radius 2 is 1.88 bits per heavy atom. The molecule has 1 amide bonds. The van der Waals surface area contributed by atoms with Crippen LogP contribution in [0.5, 0.6) is 0 Å². The van der Waals surface area contributed by atoms with Crippen molar-refractivity contribution in [2.75, 3.05) is 11.4 Å². The Hall–Kier alpha value is -2.62. The van der Waals surface area contributed by atoms with Crippen molar-refractivity contribution in [2.45, 2.75) is 45.1 Å². The van der Waals surface area contributed by atoms with Crippen molar-refractivity contribution in [1.29, 1.82) is 0 Å². The van der Waals surface area contributed by atoms with Crippen LogP contribution in [-0.2, 0) is 28.8 Å². The Morgan fingerprint density at radius 3 is 2.69 bits per heavy atom. The number of esters is 1. The van der Waals surface area contributed by atoms with Gasteiger partial charge in [-0.3, -0.25) is 4.79 Å². The summed E-state index contributed by atoms with van der Waals surface area (Å²) < 4.78 is 5.77. The van der Waals surface area contributed by atoms with E-state index in [4.69, 9.17) is 4.74 Å². The molecule has 1 atom stereocenters. The minimum atomic E-state index is -0.266. The molecule has 4 heteroatoms. The van der Waals surface area contributed by atoms with Gasteiger partial charge in [0.15, 0.2) is 0 Å². The molecule has 2 aromatic rings. The summed E-state index contributed by atoms with van der Waals surface area (Å²) in [5.74, 6) is -0.141. The zero-order valence-corrected chi connectivity index (χ0v) is 15.0. The smallest absolute Gasteiger partial charge is 0.338 e. The molecule has 0 spiro atoms. The van der Waals surface area contributed by atoms with Gasteiger partial charge in [0.25, 0.3) is 0 Å². The minimum Gasteiger partial charge on any atom is -0.458 e. The van der Waals surface area contributed by atoms with Gasteiger partial charge in [0.1, 0.15) is 6.10 Å². The Morgan fingerprint density at radius 1 is 1.08 bits per heavy atom. The third kappa shape index (κ3) is 3.12. The van der Waals surface area contributed by atoms with E-state index in [0.717, 1.165) is 36.9 Å². The molecule has 4 rings (SSSR count). The fourth-order valence-electron chi connectivity index (χ4n) is 3.96. The fraction of sp³-hybridized carbons (Fsp3) is 0.364. The molecule has 0 saturated carbocycles. The van der Waals surface area contributed by atoms with Crippen LogP contribution in [0.1, 0.15) is 46.8 Å². The van der Waals surface area contributed by atoms with Crippen LogP contribution in [0.15, 0.2) is 42.5 Å². The quantitative estimate of drug-likeness (QED) is 0.794. The highest BCUT2D eigenvalue weighted by Gasteiger charge is 2.26. The van der Waals surface area contributed by atoms with Crippen LogP contribution < -0.4 is 4.90 Å². The molecule has 134 valence electrons. The Balaban J connectivity index is 1.46. The molecule has 4 nitrogen and oxygen atoms in total. The maximum Gasteiger partial charge on any atom is 0.338 e. The lowest BCUT2D eigenvalue weighted by atomic mass is 9.90. The van der Waals surface area contributed by atoms with Crippen LogP contribution in [0.25, 0.3) is 0 Å². The first-order valence-electron chi connectivity index (χ1n) is 9.36. The number of hydrogen-bond donors (Lipinski definition) is 0. The van der Waals surface area contributed by atoms with Gasteiger partial charge in [0.2, 0.25) is 5.91 Å². The van der Waals surface area contributed by atoms with Crippen LogP contribution in [0.2, 0.25) is 0 Å². The topological polar surface area (TPSA) is 46.6 Å². The lowest BCUT2D eigenvalue weighted by Crippen LogP contribution is -2.27. The van der Waals surface area contributed by atoms with Gasteiger partial charge in [-0.05, 0) is 54.2 Å². The largest absolute Gasteiger partial charge is 0.458 e. The Kier molecular flexibility index (Phi) is 4.49. The van der Waals surface area contributed by atoms with Gasteiger partial charge >= 0.3 is 5.97 Å². The third-order valence-electron chi connectivity index (χ3n) is 5.39. The fourth-order valence-corrected chi connectivity index (χ4v) is 3.96. The number of nitrogens with zero attached hydrogens (tertiary/aromatic N) is 1. The van der Waals surface area contributed by atoms with Crippen LogP contribution in [0, 0.1) is 0 Å². The summed E-state index contributed by atoms with van der Waals surface area (Å²) in [5, 5.41) is 0. The van der Waals surface area contributed by atoms with Gasteiger partial charge in [0.05, 0.1) is 5.56 Å². The number of anilines is 1. The summed E-state index contributed by atoms with van der Waals surface area (Å²) in [6, 6.07) is 13.9. The normalized spacial score (nSPS) is 18.2. The molecular weight excluding hydrogens is 326 g/mol. The number of hydrogen-bond acceptors (Lipinski definition) is 3. The number of amides is 1. The molecule has 0 bridgehead atoms. The minimum absolute atomic E-state index is 0.0659. The highest BCUT2D eigenvalue weighted by Crippen LogP contribution is 2.30. The SMILES string of the molecule is CCC(=O)N1CCc2cc(C(=O)OC3CCc4ccccc4C3)ccc21. The summed E-state index contributed by atoms with van der Waals surface area (Å²) >= 11 is 0. The molecule has 26 heavy (non-hydrogen) atoms. The van der Waals surface area contributed by atoms with Crippen molar-refractivity contribution >= 4 is 17.6 Å². The molecule has 2 aliphatic rings. The van der Waals surface area contributed by atoms with E-state index in [2.05, 4.69) is 18.2 Å². The maximum absolute atomic E-state index is 12.6. The molecular formula is C22H23NO3. The summed E-state index contributed by atoms with van der Waals surface area (Å²) in [6.07, 6.45) is 3.82. The van der Waals surface area contributed by atoms with E-state index < -0.39 is 0 Å². The van der Waals surface area contributed by atoms with Gasteiger partial charge in [-0.15, -0.1) is 0 Å². The van der Waals surface area contributed by atoms with Crippen molar-refractivity contribution in [2.24, 2.45) is 0 Å². The maximum atomic E-state index is 12.6. The predicted molar refractivity (Wildman–Crippen MR) is 100 cm³/mol. The first kappa shape index (κ1) is 16.8. The molecule has 1 unspecified atom stereocenters. The first-order chi connectivity index (χ1) is 12.7. The molecule has 0 fully saturated rings. The number of benzene rings is 2. The lowest BCUT2D eigenvalue weighted by molar-refractivity contribution is -0.118. The summed E-state index contributed by atoms with van der Waals surface area (Å²) in [5.41, 5.74) is 5.20. The van der Waals surface area contributed by atoms with E-state index in [1.807, 2.05) is 30.0 Å². The van der Waals surface area contributed by atoms with Gasteiger partial charge in [-0.2, -0.15) is 0 Å². The predicted octanol–water partition coefficient (Wildman–Crippen LogP) is 3.70. The lowest BCUT2D eigenvalue weighted by Gasteiger charge is -2.24. The highest BCUT2D eigenvalue weighted by molar-refractivity contribution is 5.97. The van der Waals surface area contributed by atoms with Crippen LogP contribution in [-0.4, -0.2) is 24.5 Å². The molecule has 0 N–H and O–H groups in total. The molecule has 0 saturated heterocycles. The van der Waals surface area contributed by atoms with Crippen molar-refractivity contribution in [3.63, 3.8) is 0 Å². The molecule has 1 aliphatic carbocycles. The van der Waals surface area contributed by atoms with Crippen molar-refractivity contribution in [3.05, 3.63) is 64.7 Å². The first-order valence-corrected chi connectivity index (χ1v) is 9.36.